The molecule has 0 aliphatic heterocycles. The number of anilines is 1. The van der Waals surface area contributed by atoms with E-state index in [-0.39, 0.29) is 17.8 Å². The van der Waals surface area contributed by atoms with Gasteiger partial charge in [-0.1, -0.05) is 0 Å². The van der Waals surface area contributed by atoms with Crippen molar-refractivity contribution in [2.24, 2.45) is 0 Å². The number of nitrogens with zero attached hydrogens (tertiary/aromatic N) is 1. The molecular formula is C9H9F2IN2O2. The van der Waals surface area contributed by atoms with Gasteiger partial charge < -0.3 is 10.5 Å². The van der Waals surface area contributed by atoms with E-state index in [1.165, 1.54) is 13.2 Å². The molecule has 1 rings (SSSR count). The number of hydrogen-bond donors (Lipinski definition) is 1. The lowest BCUT2D eigenvalue weighted by molar-refractivity contribution is -0.139. The zero-order chi connectivity index (χ0) is 12.3. The van der Waals surface area contributed by atoms with Gasteiger partial charge in [0, 0.05) is 3.57 Å². The zero-order valence-corrected chi connectivity index (χ0v) is 10.5. The third-order valence-corrected chi connectivity index (χ3v) is 2.74. The van der Waals surface area contributed by atoms with Gasteiger partial charge in [0.2, 0.25) is 0 Å². The molecule has 1 aromatic heterocycles. The van der Waals surface area contributed by atoms with Crippen LogP contribution < -0.4 is 5.73 Å². The number of pyridine rings is 1. The standard InChI is InChI=1S/C9H9F2IN2O2/c1-16-6(15)3-4-2-5(12)7(13)8(14-4)9(10)11/h2,9H,3,13H2,1H3. The van der Waals surface area contributed by atoms with Crippen LogP contribution in [-0.4, -0.2) is 18.1 Å². The van der Waals surface area contributed by atoms with Crippen LogP contribution in [-0.2, 0) is 16.0 Å². The Labute approximate surface area is 104 Å². The van der Waals surface area contributed by atoms with Crippen molar-refractivity contribution in [3.05, 3.63) is 21.0 Å². The minimum Gasteiger partial charge on any atom is -0.469 e. The highest BCUT2D eigenvalue weighted by atomic mass is 127. The average molecular weight is 342 g/mol. The van der Waals surface area contributed by atoms with Crippen molar-refractivity contribution in [1.82, 2.24) is 4.98 Å². The Hall–Kier alpha value is -0.990. The fraction of sp³-hybridized carbons (Fsp3) is 0.333. The third kappa shape index (κ3) is 3.00. The minimum atomic E-state index is -2.76. The molecule has 0 unspecified atom stereocenters. The summed E-state index contributed by atoms with van der Waals surface area (Å²) >= 11 is 1.82. The quantitative estimate of drug-likeness (QED) is 0.673. The number of alkyl halides is 2. The first kappa shape index (κ1) is 13.1. The molecule has 2 N–H and O–H groups in total. The molecule has 0 fully saturated rings. The zero-order valence-electron chi connectivity index (χ0n) is 8.34. The van der Waals surface area contributed by atoms with Crippen molar-refractivity contribution >= 4 is 34.2 Å². The monoisotopic (exact) mass is 342 g/mol. The summed E-state index contributed by atoms with van der Waals surface area (Å²) in [6, 6.07) is 1.48. The van der Waals surface area contributed by atoms with Crippen molar-refractivity contribution < 1.29 is 18.3 Å². The molecular weight excluding hydrogens is 333 g/mol. The van der Waals surface area contributed by atoms with Gasteiger partial charge in [-0.3, -0.25) is 4.79 Å². The van der Waals surface area contributed by atoms with E-state index in [1.54, 1.807) is 0 Å². The van der Waals surface area contributed by atoms with Gasteiger partial charge in [-0.15, -0.1) is 0 Å². The van der Waals surface area contributed by atoms with Crippen molar-refractivity contribution in [3.63, 3.8) is 0 Å². The normalized spacial score (nSPS) is 10.6. The number of ether oxygens (including phenoxy) is 1. The average Bonchev–Trinajstić information content (AvgIpc) is 2.22. The summed E-state index contributed by atoms with van der Waals surface area (Å²) in [7, 11) is 1.22. The second-order valence-corrected chi connectivity index (χ2v) is 4.11. The van der Waals surface area contributed by atoms with Crippen LogP contribution in [0.5, 0.6) is 0 Å². The molecule has 0 atom stereocenters. The van der Waals surface area contributed by atoms with E-state index in [0.29, 0.717) is 3.57 Å². The van der Waals surface area contributed by atoms with Crippen LogP contribution in [0.2, 0.25) is 0 Å². The second kappa shape index (κ2) is 5.37. The number of hydrogen-bond acceptors (Lipinski definition) is 4. The van der Waals surface area contributed by atoms with Crippen LogP contribution in [0, 0.1) is 3.57 Å². The van der Waals surface area contributed by atoms with Crippen molar-refractivity contribution in [1.29, 1.82) is 0 Å². The predicted molar refractivity (Wildman–Crippen MR) is 62.0 cm³/mol. The Morgan fingerprint density at radius 1 is 1.69 bits per heavy atom. The molecule has 1 aromatic rings. The van der Waals surface area contributed by atoms with Gasteiger partial charge in [0.05, 0.1) is 24.9 Å². The van der Waals surface area contributed by atoms with E-state index in [9.17, 15) is 13.6 Å². The Morgan fingerprint density at radius 2 is 2.31 bits per heavy atom. The Morgan fingerprint density at radius 3 is 2.81 bits per heavy atom. The predicted octanol–water partition coefficient (Wildman–Crippen LogP) is 1.92. The Bertz CT molecular complexity index is 413. The van der Waals surface area contributed by atoms with Crippen LogP contribution in [0.4, 0.5) is 14.5 Å². The maximum absolute atomic E-state index is 12.5. The highest BCUT2D eigenvalue weighted by Crippen LogP contribution is 2.27. The van der Waals surface area contributed by atoms with E-state index in [4.69, 9.17) is 5.73 Å². The number of nitrogen functional groups attached to an aromatic ring is 1. The van der Waals surface area contributed by atoms with Gasteiger partial charge in [0.1, 0.15) is 5.69 Å². The molecule has 0 spiro atoms. The summed E-state index contributed by atoms with van der Waals surface area (Å²) in [4.78, 5) is 14.6. The molecule has 0 saturated heterocycles. The van der Waals surface area contributed by atoms with Crippen molar-refractivity contribution in [2.45, 2.75) is 12.8 Å². The molecule has 0 amide bonds. The summed E-state index contributed by atoms with van der Waals surface area (Å²) in [5.74, 6) is -0.534. The molecule has 0 aromatic carbocycles. The van der Waals surface area contributed by atoms with Gasteiger partial charge in [-0.25, -0.2) is 13.8 Å². The summed E-state index contributed by atoms with van der Waals surface area (Å²) in [5.41, 5.74) is 5.13. The van der Waals surface area contributed by atoms with Gasteiger partial charge in [-0.05, 0) is 28.7 Å². The van der Waals surface area contributed by atoms with E-state index in [1.807, 2.05) is 22.6 Å². The number of carbonyl (C=O) groups is 1. The first-order chi connectivity index (χ1) is 7.45. The van der Waals surface area contributed by atoms with E-state index in [2.05, 4.69) is 9.72 Å². The number of carbonyl (C=O) groups excluding carboxylic acids is 1. The van der Waals surface area contributed by atoms with Crippen LogP contribution in [0.3, 0.4) is 0 Å². The second-order valence-electron chi connectivity index (χ2n) is 2.95. The summed E-state index contributed by atoms with van der Waals surface area (Å²) in [6.07, 6.45) is -2.90. The topological polar surface area (TPSA) is 65.2 Å². The third-order valence-electron chi connectivity index (χ3n) is 1.85. The van der Waals surface area contributed by atoms with Crippen molar-refractivity contribution in [2.75, 3.05) is 12.8 Å². The molecule has 16 heavy (non-hydrogen) atoms. The highest BCUT2D eigenvalue weighted by molar-refractivity contribution is 14.1. The fourth-order valence-corrected chi connectivity index (χ4v) is 1.71. The summed E-state index contributed by atoms with van der Waals surface area (Å²) in [6.45, 7) is 0. The van der Waals surface area contributed by atoms with Crippen LogP contribution in [0.15, 0.2) is 6.07 Å². The van der Waals surface area contributed by atoms with Gasteiger partial charge in [-0.2, -0.15) is 0 Å². The minimum absolute atomic E-state index is 0.0517. The molecule has 0 bridgehead atoms. The molecule has 88 valence electrons. The van der Waals surface area contributed by atoms with Crippen LogP contribution in [0.25, 0.3) is 0 Å². The number of rotatable bonds is 3. The Kier molecular flexibility index (Phi) is 4.39. The van der Waals surface area contributed by atoms with Crippen LogP contribution >= 0.6 is 22.6 Å². The molecule has 0 saturated carbocycles. The van der Waals surface area contributed by atoms with E-state index >= 15 is 0 Å². The first-order valence-corrected chi connectivity index (χ1v) is 5.33. The number of halogens is 3. The SMILES string of the molecule is COC(=O)Cc1cc(I)c(N)c(C(F)F)n1. The molecule has 0 radical (unpaired) electrons. The smallest absolute Gasteiger partial charge is 0.311 e. The van der Waals surface area contributed by atoms with E-state index < -0.39 is 18.1 Å². The summed E-state index contributed by atoms with van der Waals surface area (Å²) in [5, 5.41) is 0. The highest BCUT2D eigenvalue weighted by Gasteiger charge is 2.18. The number of aromatic nitrogens is 1. The molecule has 7 heteroatoms. The molecule has 0 aliphatic carbocycles. The van der Waals surface area contributed by atoms with Gasteiger partial charge in [0.15, 0.2) is 0 Å². The fourth-order valence-electron chi connectivity index (χ4n) is 1.07. The maximum Gasteiger partial charge on any atom is 0.311 e. The maximum atomic E-state index is 12.5. The van der Waals surface area contributed by atoms with Crippen LogP contribution in [0.1, 0.15) is 17.8 Å². The lowest BCUT2D eigenvalue weighted by Crippen LogP contribution is -2.10. The molecule has 0 aliphatic rings. The molecule has 1 heterocycles. The molecule has 4 nitrogen and oxygen atoms in total. The lowest BCUT2D eigenvalue weighted by Gasteiger charge is -2.08. The number of nitrogens with two attached hydrogens (primary N) is 1. The van der Waals surface area contributed by atoms with Crippen molar-refractivity contribution in [3.8, 4) is 0 Å². The summed E-state index contributed by atoms with van der Waals surface area (Å²) < 4.78 is 30.0. The van der Waals surface area contributed by atoms with E-state index in [0.717, 1.165) is 0 Å². The first-order valence-electron chi connectivity index (χ1n) is 4.25. The number of esters is 1. The van der Waals surface area contributed by atoms with Gasteiger partial charge >= 0.3 is 5.97 Å². The largest absolute Gasteiger partial charge is 0.469 e. The number of methoxy groups -OCH3 is 1. The lowest BCUT2D eigenvalue weighted by atomic mass is 10.2. The Balaban J connectivity index is 3.09. The van der Waals surface area contributed by atoms with Gasteiger partial charge in [0.25, 0.3) is 6.43 Å².